The third kappa shape index (κ3) is 4.31. The normalized spacial score (nSPS) is 14.0. The number of fused-ring (bicyclic) bond motifs is 1. The Labute approximate surface area is 185 Å². The number of rotatable bonds is 5. The summed E-state index contributed by atoms with van der Waals surface area (Å²) in [5.41, 5.74) is 5.34. The summed E-state index contributed by atoms with van der Waals surface area (Å²) < 4.78 is 5.46. The Morgan fingerprint density at radius 2 is 1.91 bits per heavy atom. The first kappa shape index (κ1) is 20.1. The van der Waals surface area contributed by atoms with Gasteiger partial charge in [-0.3, -0.25) is 9.78 Å². The highest BCUT2D eigenvalue weighted by atomic mass is 16.5. The average Bonchev–Trinajstić information content (AvgIpc) is 3.26. The van der Waals surface area contributed by atoms with Crippen molar-refractivity contribution in [3.8, 4) is 11.3 Å². The fourth-order valence-corrected chi connectivity index (χ4v) is 3.82. The van der Waals surface area contributed by atoms with E-state index in [0.29, 0.717) is 13.2 Å². The maximum atomic E-state index is 12.3. The first-order chi connectivity index (χ1) is 15.7. The van der Waals surface area contributed by atoms with Crippen LogP contribution in [0.3, 0.4) is 0 Å². The minimum atomic E-state index is -0.0925. The lowest BCUT2D eigenvalue weighted by Crippen LogP contribution is -2.36. The Kier molecular flexibility index (Phi) is 5.51. The second-order valence-corrected chi connectivity index (χ2v) is 7.87. The van der Waals surface area contributed by atoms with Crippen molar-refractivity contribution in [2.45, 2.75) is 13.3 Å². The van der Waals surface area contributed by atoms with E-state index in [1.807, 2.05) is 43.3 Å². The molecule has 162 valence electrons. The van der Waals surface area contributed by atoms with Gasteiger partial charge in [-0.2, -0.15) is 0 Å². The second-order valence-electron chi connectivity index (χ2n) is 7.87. The van der Waals surface area contributed by atoms with E-state index < -0.39 is 0 Å². The van der Waals surface area contributed by atoms with Gasteiger partial charge in [-0.25, -0.2) is 9.97 Å². The Morgan fingerprint density at radius 1 is 1.09 bits per heavy atom. The van der Waals surface area contributed by atoms with Crippen LogP contribution in [0.15, 0.2) is 55.0 Å². The molecule has 1 amide bonds. The summed E-state index contributed by atoms with van der Waals surface area (Å²) in [6, 6.07) is 13.7. The smallest absolute Gasteiger partial charge is 0.230 e. The number of aromatic amines is 1. The van der Waals surface area contributed by atoms with Gasteiger partial charge in [0.1, 0.15) is 17.8 Å². The van der Waals surface area contributed by atoms with E-state index in [4.69, 9.17) is 4.74 Å². The zero-order valence-corrected chi connectivity index (χ0v) is 17.8. The third-order valence-electron chi connectivity index (χ3n) is 5.51. The molecule has 0 spiro atoms. The Morgan fingerprint density at radius 3 is 2.66 bits per heavy atom. The topological polar surface area (TPSA) is 96.0 Å². The molecule has 4 aromatic rings. The van der Waals surface area contributed by atoms with E-state index in [1.54, 1.807) is 12.5 Å². The highest BCUT2D eigenvalue weighted by molar-refractivity contribution is 5.93. The van der Waals surface area contributed by atoms with Crippen LogP contribution in [0.5, 0.6) is 0 Å². The fraction of sp³-hybridized carbons (Fsp3) is 0.250. The van der Waals surface area contributed by atoms with Gasteiger partial charge in [0.05, 0.1) is 25.0 Å². The van der Waals surface area contributed by atoms with Crippen molar-refractivity contribution >= 4 is 28.4 Å². The lowest BCUT2D eigenvalue weighted by molar-refractivity contribution is -0.115. The highest BCUT2D eigenvalue weighted by Crippen LogP contribution is 2.29. The number of H-pyrrole nitrogens is 1. The number of anilines is 2. The van der Waals surface area contributed by atoms with Crippen molar-refractivity contribution in [3.63, 3.8) is 0 Å². The Hall–Kier alpha value is -3.78. The van der Waals surface area contributed by atoms with Crippen molar-refractivity contribution in [1.82, 2.24) is 19.9 Å². The molecule has 4 heterocycles. The molecule has 0 aliphatic carbocycles. The second kappa shape index (κ2) is 8.76. The van der Waals surface area contributed by atoms with Gasteiger partial charge in [0.15, 0.2) is 0 Å². The molecule has 0 atom stereocenters. The third-order valence-corrected chi connectivity index (χ3v) is 5.51. The maximum Gasteiger partial charge on any atom is 0.230 e. The SMILES string of the molecule is Cc1ccc(CC(=O)Nc2ccc(-c3cc4c(N5CCOCC5)ncnc4[nH]3)cc2)nc1. The summed E-state index contributed by atoms with van der Waals surface area (Å²) in [6.07, 6.45) is 3.61. The molecule has 1 aliphatic rings. The number of aromatic nitrogens is 4. The molecule has 2 N–H and O–H groups in total. The monoisotopic (exact) mass is 428 g/mol. The number of benzene rings is 1. The molecule has 1 aromatic carbocycles. The van der Waals surface area contributed by atoms with Crippen LogP contribution in [0.2, 0.25) is 0 Å². The van der Waals surface area contributed by atoms with Crippen LogP contribution < -0.4 is 10.2 Å². The van der Waals surface area contributed by atoms with Crippen LogP contribution in [0, 0.1) is 6.92 Å². The van der Waals surface area contributed by atoms with Crippen LogP contribution in [0.1, 0.15) is 11.3 Å². The van der Waals surface area contributed by atoms with Crippen LogP contribution in [-0.4, -0.2) is 52.1 Å². The van der Waals surface area contributed by atoms with Gasteiger partial charge < -0.3 is 19.9 Å². The molecule has 0 radical (unpaired) electrons. The van der Waals surface area contributed by atoms with Gasteiger partial charge in [-0.05, 0) is 42.3 Å². The number of aryl methyl sites for hydroxylation is 1. The number of ether oxygens (including phenoxy) is 1. The number of amides is 1. The van der Waals surface area contributed by atoms with E-state index in [0.717, 1.165) is 58.1 Å². The van der Waals surface area contributed by atoms with Gasteiger partial charge >= 0.3 is 0 Å². The van der Waals surface area contributed by atoms with Gasteiger partial charge in [-0.1, -0.05) is 18.2 Å². The van der Waals surface area contributed by atoms with Crippen LogP contribution in [0.25, 0.3) is 22.3 Å². The lowest BCUT2D eigenvalue weighted by atomic mass is 10.1. The summed E-state index contributed by atoms with van der Waals surface area (Å²) in [6.45, 7) is 5.02. The molecule has 8 nitrogen and oxygen atoms in total. The quantitative estimate of drug-likeness (QED) is 0.506. The minimum absolute atomic E-state index is 0.0925. The van der Waals surface area contributed by atoms with Crippen LogP contribution in [-0.2, 0) is 16.0 Å². The molecule has 0 bridgehead atoms. The minimum Gasteiger partial charge on any atom is -0.378 e. The number of carbonyl (C=O) groups is 1. The van der Waals surface area contributed by atoms with Crippen molar-refractivity contribution in [3.05, 3.63) is 66.2 Å². The number of nitrogens with one attached hydrogen (secondary N) is 2. The molecule has 1 aliphatic heterocycles. The number of pyridine rings is 1. The van der Waals surface area contributed by atoms with Crippen molar-refractivity contribution in [1.29, 1.82) is 0 Å². The number of hydrogen-bond acceptors (Lipinski definition) is 6. The Bertz CT molecular complexity index is 1230. The first-order valence-electron chi connectivity index (χ1n) is 10.6. The van der Waals surface area contributed by atoms with Gasteiger partial charge in [0, 0.05) is 36.4 Å². The lowest BCUT2D eigenvalue weighted by Gasteiger charge is -2.27. The zero-order chi connectivity index (χ0) is 21.9. The highest BCUT2D eigenvalue weighted by Gasteiger charge is 2.17. The molecule has 32 heavy (non-hydrogen) atoms. The predicted molar refractivity (Wildman–Crippen MR) is 124 cm³/mol. The number of morpholine rings is 1. The molecule has 8 heteroatoms. The molecule has 1 saturated heterocycles. The van der Waals surface area contributed by atoms with E-state index in [-0.39, 0.29) is 12.3 Å². The zero-order valence-electron chi connectivity index (χ0n) is 17.8. The molecule has 0 saturated carbocycles. The summed E-state index contributed by atoms with van der Waals surface area (Å²) in [7, 11) is 0. The maximum absolute atomic E-state index is 12.3. The van der Waals surface area contributed by atoms with E-state index in [1.165, 1.54) is 0 Å². The summed E-state index contributed by atoms with van der Waals surface area (Å²) in [5, 5.41) is 3.93. The van der Waals surface area contributed by atoms with Gasteiger partial charge in [0.25, 0.3) is 0 Å². The number of hydrogen-bond donors (Lipinski definition) is 2. The fourth-order valence-electron chi connectivity index (χ4n) is 3.82. The summed E-state index contributed by atoms with van der Waals surface area (Å²) in [4.78, 5) is 31.2. The predicted octanol–water partition coefficient (Wildman–Crippen LogP) is 3.35. The van der Waals surface area contributed by atoms with Crippen LogP contribution in [0.4, 0.5) is 11.5 Å². The number of carbonyl (C=O) groups excluding carboxylic acids is 1. The summed E-state index contributed by atoms with van der Waals surface area (Å²) >= 11 is 0. The first-order valence-corrected chi connectivity index (χ1v) is 10.6. The van der Waals surface area contributed by atoms with E-state index in [9.17, 15) is 4.79 Å². The molecular formula is C24H24N6O2. The van der Waals surface area contributed by atoms with Gasteiger partial charge in [-0.15, -0.1) is 0 Å². The van der Waals surface area contributed by atoms with Gasteiger partial charge in [0.2, 0.25) is 5.91 Å². The molecule has 0 unspecified atom stereocenters. The molecule has 5 rings (SSSR count). The molecule has 3 aromatic heterocycles. The summed E-state index contributed by atoms with van der Waals surface area (Å²) in [5.74, 6) is 0.833. The number of nitrogens with zero attached hydrogens (tertiary/aromatic N) is 4. The molecule has 1 fully saturated rings. The molecular weight excluding hydrogens is 404 g/mol. The van der Waals surface area contributed by atoms with E-state index in [2.05, 4.69) is 36.2 Å². The van der Waals surface area contributed by atoms with E-state index >= 15 is 0 Å². The van der Waals surface area contributed by atoms with Crippen molar-refractivity contribution < 1.29 is 9.53 Å². The van der Waals surface area contributed by atoms with Crippen LogP contribution >= 0.6 is 0 Å². The Balaban J connectivity index is 1.31. The standard InChI is InChI=1S/C24H24N6O2/c1-16-2-5-19(25-14-16)12-22(31)28-18-6-3-17(4-7-18)21-13-20-23(29-21)26-15-27-24(20)30-8-10-32-11-9-30/h2-7,13-15H,8-12H2,1H3,(H,28,31)(H,26,27,29). The van der Waals surface area contributed by atoms with Crippen molar-refractivity contribution in [2.24, 2.45) is 0 Å². The largest absolute Gasteiger partial charge is 0.378 e. The average molecular weight is 428 g/mol. The van der Waals surface area contributed by atoms with Crippen molar-refractivity contribution in [2.75, 3.05) is 36.5 Å².